The fourth-order valence-electron chi connectivity index (χ4n) is 1.91. The lowest BCUT2D eigenvalue weighted by molar-refractivity contribution is -0.127. The average Bonchev–Trinajstić information content (AvgIpc) is 2.49. The second-order valence-corrected chi connectivity index (χ2v) is 6.22. The average molecular weight is 347 g/mol. The number of hydrogen-bond acceptors (Lipinski definition) is 6. The zero-order chi connectivity index (χ0) is 17.5. The number of Topliss-reactive ketones (excluding diaryl/α,β-unsaturated/α-hetero) is 2. The number of hydrogen-bond donors (Lipinski definition) is 1. The Kier molecular flexibility index (Phi) is 14.1. The molecule has 0 saturated heterocycles. The summed E-state index contributed by atoms with van der Waals surface area (Å²) in [4.78, 5) is 34.9. The van der Waals surface area contributed by atoms with Crippen LogP contribution in [0.2, 0.25) is 0 Å². The third-order valence-corrected chi connectivity index (χ3v) is 3.80. The van der Waals surface area contributed by atoms with Gasteiger partial charge in [0.1, 0.15) is 5.78 Å². The van der Waals surface area contributed by atoms with Crippen LogP contribution in [0.1, 0.15) is 39.0 Å². The van der Waals surface area contributed by atoms with Gasteiger partial charge in [-0.3, -0.25) is 9.59 Å². The Bertz CT molecular complexity index is 362. The number of ketones is 2. The molecule has 0 spiro atoms. The van der Waals surface area contributed by atoms with Crippen LogP contribution in [0.5, 0.6) is 0 Å². The molecule has 0 aliphatic heterocycles. The minimum atomic E-state index is -0.464. The van der Waals surface area contributed by atoms with Gasteiger partial charge in [0.25, 0.3) is 0 Å². The third-order valence-electron chi connectivity index (χ3n) is 3.13. The Hall–Kier alpha value is -0.920. The van der Waals surface area contributed by atoms with Crippen molar-refractivity contribution in [2.75, 3.05) is 38.9 Å². The highest BCUT2D eigenvalue weighted by Gasteiger charge is 2.19. The van der Waals surface area contributed by atoms with Crippen molar-refractivity contribution in [3.8, 4) is 0 Å². The summed E-state index contributed by atoms with van der Waals surface area (Å²) in [5, 5.41) is 2.77. The van der Waals surface area contributed by atoms with Gasteiger partial charge in [0.05, 0.1) is 19.3 Å². The lowest BCUT2D eigenvalue weighted by Crippen LogP contribution is -2.42. The van der Waals surface area contributed by atoms with E-state index in [1.54, 1.807) is 7.11 Å². The summed E-state index contributed by atoms with van der Waals surface area (Å²) in [6.07, 6.45) is 4.11. The molecule has 0 radical (unpaired) electrons. The molecule has 1 N–H and O–H groups in total. The zero-order valence-electron chi connectivity index (χ0n) is 14.4. The highest BCUT2D eigenvalue weighted by Crippen LogP contribution is 2.05. The van der Waals surface area contributed by atoms with E-state index in [-0.39, 0.29) is 23.9 Å². The Morgan fingerprint density at radius 2 is 1.78 bits per heavy atom. The fourth-order valence-corrected chi connectivity index (χ4v) is 2.52. The molecule has 0 rings (SSSR count). The summed E-state index contributed by atoms with van der Waals surface area (Å²) in [5.74, 6) is 0.481. The SMILES string of the molecule is COCCOCCCC(=O)C(CSC)NC(=O)CCCC(C)=O. The van der Waals surface area contributed by atoms with E-state index in [0.29, 0.717) is 51.3 Å². The molecule has 0 aromatic heterocycles. The van der Waals surface area contributed by atoms with Crippen molar-refractivity contribution in [3.63, 3.8) is 0 Å². The smallest absolute Gasteiger partial charge is 0.220 e. The monoisotopic (exact) mass is 347 g/mol. The number of methoxy groups -OCH3 is 1. The molecule has 0 saturated carbocycles. The molecule has 0 aromatic rings. The summed E-state index contributed by atoms with van der Waals surface area (Å²) in [5.41, 5.74) is 0. The highest BCUT2D eigenvalue weighted by atomic mass is 32.2. The molecule has 0 heterocycles. The molecule has 7 heteroatoms. The predicted octanol–water partition coefficient (Wildman–Crippen LogP) is 1.61. The fraction of sp³-hybridized carbons (Fsp3) is 0.812. The normalized spacial score (nSPS) is 12.0. The maximum absolute atomic E-state index is 12.2. The number of carbonyl (C=O) groups excluding carboxylic acids is 3. The van der Waals surface area contributed by atoms with E-state index in [0.717, 1.165) is 0 Å². The molecule has 0 aliphatic carbocycles. The second-order valence-electron chi connectivity index (χ2n) is 5.31. The standard InChI is InChI=1S/C16H29NO5S/c1-13(18)6-4-8-16(20)17-14(12-23-3)15(19)7-5-9-22-11-10-21-2/h14H,4-12H2,1-3H3,(H,17,20). The molecular weight excluding hydrogens is 318 g/mol. The van der Waals surface area contributed by atoms with E-state index in [2.05, 4.69) is 5.32 Å². The van der Waals surface area contributed by atoms with Gasteiger partial charge in [-0.2, -0.15) is 11.8 Å². The molecule has 23 heavy (non-hydrogen) atoms. The molecule has 1 amide bonds. The lowest BCUT2D eigenvalue weighted by atomic mass is 10.1. The third kappa shape index (κ3) is 13.2. The van der Waals surface area contributed by atoms with Crippen molar-refractivity contribution in [2.24, 2.45) is 0 Å². The van der Waals surface area contributed by atoms with Crippen LogP contribution in [0.3, 0.4) is 0 Å². The van der Waals surface area contributed by atoms with Gasteiger partial charge < -0.3 is 19.6 Å². The van der Waals surface area contributed by atoms with Crippen molar-refractivity contribution >= 4 is 29.2 Å². The first-order valence-corrected chi connectivity index (χ1v) is 9.27. The first-order chi connectivity index (χ1) is 11.0. The quantitative estimate of drug-likeness (QED) is 0.453. The molecule has 1 atom stereocenters. The van der Waals surface area contributed by atoms with E-state index in [1.165, 1.54) is 18.7 Å². The maximum atomic E-state index is 12.2. The summed E-state index contributed by atoms with van der Waals surface area (Å²) in [6, 6.07) is -0.464. The Morgan fingerprint density at radius 1 is 1.04 bits per heavy atom. The highest BCUT2D eigenvalue weighted by molar-refractivity contribution is 7.98. The zero-order valence-corrected chi connectivity index (χ0v) is 15.2. The number of carbonyl (C=O) groups is 3. The van der Waals surface area contributed by atoms with Crippen LogP contribution < -0.4 is 5.32 Å². The van der Waals surface area contributed by atoms with Crippen molar-refractivity contribution in [1.29, 1.82) is 0 Å². The van der Waals surface area contributed by atoms with Gasteiger partial charge in [0.15, 0.2) is 5.78 Å². The van der Waals surface area contributed by atoms with Gasteiger partial charge in [0.2, 0.25) is 5.91 Å². The minimum Gasteiger partial charge on any atom is -0.382 e. The van der Waals surface area contributed by atoms with Gasteiger partial charge in [-0.15, -0.1) is 0 Å². The van der Waals surface area contributed by atoms with Crippen LogP contribution >= 0.6 is 11.8 Å². The van der Waals surface area contributed by atoms with E-state index in [4.69, 9.17) is 9.47 Å². The molecule has 0 fully saturated rings. The number of amides is 1. The summed E-state index contributed by atoms with van der Waals surface area (Å²) < 4.78 is 10.2. The van der Waals surface area contributed by atoms with Crippen LogP contribution in [-0.2, 0) is 23.9 Å². The van der Waals surface area contributed by atoms with E-state index in [9.17, 15) is 14.4 Å². The van der Waals surface area contributed by atoms with E-state index >= 15 is 0 Å². The molecule has 0 bridgehead atoms. The predicted molar refractivity (Wildman–Crippen MR) is 91.8 cm³/mol. The molecule has 1 unspecified atom stereocenters. The lowest BCUT2D eigenvalue weighted by Gasteiger charge is -2.16. The molecule has 134 valence electrons. The molecule has 0 aliphatic rings. The first-order valence-electron chi connectivity index (χ1n) is 7.88. The van der Waals surface area contributed by atoms with Crippen molar-refractivity contribution in [1.82, 2.24) is 5.32 Å². The van der Waals surface area contributed by atoms with Gasteiger partial charge in [-0.25, -0.2) is 0 Å². The largest absolute Gasteiger partial charge is 0.382 e. The number of thioether (sulfide) groups is 1. The van der Waals surface area contributed by atoms with Crippen molar-refractivity contribution in [2.45, 2.75) is 45.1 Å². The number of ether oxygens (including phenoxy) is 2. The van der Waals surface area contributed by atoms with Crippen LogP contribution in [0.15, 0.2) is 0 Å². The van der Waals surface area contributed by atoms with Crippen LogP contribution in [-0.4, -0.2) is 62.5 Å². The number of nitrogens with one attached hydrogen (secondary N) is 1. The first kappa shape index (κ1) is 22.1. The summed E-state index contributed by atoms with van der Waals surface area (Å²) >= 11 is 1.52. The van der Waals surface area contributed by atoms with Crippen LogP contribution in [0.25, 0.3) is 0 Å². The van der Waals surface area contributed by atoms with Gasteiger partial charge in [-0.1, -0.05) is 0 Å². The Morgan fingerprint density at radius 3 is 2.39 bits per heavy atom. The topological polar surface area (TPSA) is 81.7 Å². The summed E-state index contributed by atoms with van der Waals surface area (Å²) in [7, 11) is 1.61. The van der Waals surface area contributed by atoms with Crippen LogP contribution in [0.4, 0.5) is 0 Å². The molecule has 0 aromatic carbocycles. The van der Waals surface area contributed by atoms with Crippen molar-refractivity contribution < 1.29 is 23.9 Å². The van der Waals surface area contributed by atoms with E-state index < -0.39 is 6.04 Å². The Balaban J connectivity index is 4.03. The van der Waals surface area contributed by atoms with Crippen LogP contribution in [0, 0.1) is 0 Å². The van der Waals surface area contributed by atoms with E-state index in [1.807, 2.05) is 6.26 Å². The summed E-state index contributed by atoms with van der Waals surface area (Å²) in [6.45, 7) is 3.07. The second kappa shape index (κ2) is 14.7. The van der Waals surface area contributed by atoms with Gasteiger partial charge >= 0.3 is 0 Å². The van der Waals surface area contributed by atoms with Crippen molar-refractivity contribution in [3.05, 3.63) is 0 Å². The maximum Gasteiger partial charge on any atom is 0.220 e. The minimum absolute atomic E-state index is 0.0228. The van der Waals surface area contributed by atoms with Gasteiger partial charge in [-0.05, 0) is 26.0 Å². The Labute approximate surface area is 143 Å². The number of rotatable bonds is 15. The van der Waals surface area contributed by atoms with Gasteiger partial charge in [0, 0.05) is 38.7 Å². The molecule has 6 nitrogen and oxygen atoms in total. The molecular formula is C16H29NO5S.